The number of nitrogens with zero attached hydrogens (tertiary/aromatic N) is 2. The highest BCUT2D eigenvalue weighted by atomic mass is 16.2. The first-order chi connectivity index (χ1) is 14.5. The van der Waals surface area contributed by atoms with E-state index in [1.807, 2.05) is 61.2 Å². The molecule has 160 valence electrons. The number of primary amides is 1. The number of anilines is 1. The summed E-state index contributed by atoms with van der Waals surface area (Å²) in [7, 11) is 0. The van der Waals surface area contributed by atoms with Crippen molar-refractivity contribution in [3.8, 4) is 0 Å². The summed E-state index contributed by atoms with van der Waals surface area (Å²) in [4.78, 5) is 28.2. The lowest BCUT2D eigenvalue weighted by atomic mass is 9.95. The van der Waals surface area contributed by atoms with Gasteiger partial charge < -0.3 is 21.3 Å². The Morgan fingerprint density at radius 1 is 1.07 bits per heavy atom. The Kier molecular flexibility index (Phi) is 7.43. The maximum absolute atomic E-state index is 12.7. The zero-order valence-corrected chi connectivity index (χ0v) is 17.7. The molecule has 1 heterocycles. The Bertz CT molecular complexity index is 858. The molecule has 30 heavy (non-hydrogen) atoms. The van der Waals surface area contributed by atoms with Gasteiger partial charge in [-0.15, -0.1) is 0 Å². The van der Waals surface area contributed by atoms with E-state index < -0.39 is 6.03 Å². The molecule has 1 saturated heterocycles. The van der Waals surface area contributed by atoms with Crippen molar-refractivity contribution in [1.82, 2.24) is 15.1 Å². The van der Waals surface area contributed by atoms with E-state index in [1.165, 1.54) is 0 Å². The molecule has 7 nitrogen and oxygen atoms in total. The van der Waals surface area contributed by atoms with Crippen LogP contribution in [-0.2, 0) is 0 Å². The number of urea groups is 1. The van der Waals surface area contributed by atoms with E-state index in [4.69, 9.17) is 5.73 Å². The number of hydrogen-bond donors (Lipinski definition) is 3. The second-order valence-electron chi connectivity index (χ2n) is 7.40. The molecule has 1 fully saturated rings. The second kappa shape index (κ2) is 10.2. The fourth-order valence-corrected chi connectivity index (χ4v) is 3.98. The fourth-order valence-electron chi connectivity index (χ4n) is 3.98. The smallest absolute Gasteiger partial charge is 0.316 e. The normalized spacial score (nSPS) is 15.4. The molecular weight excluding hydrogens is 378 g/mol. The minimum Gasteiger partial charge on any atom is -0.351 e. The van der Waals surface area contributed by atoms with Gasteiger partial charge in [0.2, 0.25) is 0 Å². The molecule has 0 aliphatic carbocycles. The van der Waals surface area contributed by atoms with Gasteiger partial charge in [0.15, 0.2) is 0 Å². The maximum atomic E-state index is 12.7. The number of nitrogens with one attached hydrogen (secondary N) is 2. The van der Waals surface area contributed by atoms with E-state index in [1.54, 1.807) is 0 Å². The molecular formula is C23H31N5O2. The van der Waals surface area contributed by atoms with Crippen molar-refractivity contribution in [3.63, 3.8) is 0 Å². The number of carbonyl (C=O) groups excluding carboxylic acids is 2. The molecule has 1 aliphatic heterocycles. The van der Waals surface area contributed by atoms with Crippen LogP contribution in [0.1, 0.15) is 41.4 Å². The Morgan fingerprint density at radius 2 is 1.73 bits per heavy atom. The highest BCUT2D eigenvalue weighted by Gasteiger charge is 2.24. The number of benzene rings is 2. The lowest BCUT2D eigenvalue weighted by Gasteiger charge is -2.36. The molecule has 4 N–H and O–H groups in total. The zero-order chi connectivity index (χ0) is 21.5. The van der Waals surface area contributed by atoms with E-state index in [0.29, 0.717) is 24.3 Å². The van der Waals surface area contributed by atoms with E-state index in [-0.39, 0.29) is 11.9 Å². The minimum atomic E-state index is -0.579. The van der Waals surface area contributed by atoms with Crippen LogP contribution in [0.2, 0.25) is 0 Å². The minimum absolute atomic E-state index is 0.0272. The first-order valence-corrected chi connectivity index (χ1v) is 10.5. The van der Waals surface area contributed by atoms with Crippen molar-refractivity contribution in [2.24, 2.45) is 5.73 Å². The van der Waals surface area contributed by atoms with Crippen molar-refractivity contribution in [2.45, 2.75) is 19.9 Å². The Morgan fingerprint density at radius 3 is 2.33 bits per heavy atom. The topological polar surface area (TPSA) is 90.7 Å². The average Bonchev–Trinajstić information content (AvgIpc) is 2.76. The summed E-state index contributed by atoms with van der Waals surface area (Å²) in [5.41, 5.74) is 8.86. The Labute approximate surface area is 178 Å². The van der Waals surface area contributed by atoms with Gasteiger partial charge in [-0.25, -0.2) is 4.79 Å². The van der Waals surface area contributed by atoms with E-state index >= 15 is 0 Å². The third-order valence-electron chi connectivity index (χ3n) is 5.51. The molecule has 2 aromatic rings. The number of hydrogen-bond acceptors (Lipinski definition) is 4. The summed E-state index contributed by atoms with van der Waals surface area (Å²) < 4.78 is 0. The van der Waals surface area contributed by atoms with Crippen LogP contribution in [0.25, 0.3) is 0 Å². The lowest BCUT2D eigenvalue weighted by Crippen LogP contribution is -2.45. The number of nitrogens with two attached hydrogens (primary N) is 1. The summed E-state index contributed by atoms with van der Waals surface area (Å²) in [6, 6.07) is 15.1. The van der Waals surface area contributed by atoms with Crippen molar-refractivity contribution in [2.75, 3.05) is 44.6 Å². The van der Waals surface area contributed by atoms with Gasteiger partial charge in [-0.1, -0.05) is 24.3 Å². The fraction of sp³-hybridized carbons (Fsp3) is 0.391. The quantitative estimate of drug-likeness (QED) is 0.656. The molecule has 0 radical (unpaired) electrons. The molecule has 7 heteroatoms. The van der Waals surface area contributed by atoms with Crippen LogP contribution in [0.4, 0.5) is 10.5 Å². The third-order valence-corrected chi connectivity index (χ3v) is 5.51. The average molecular weight is 410 g/mol. The maximum Gasteiger partial charge on any atom is 0.316 e. The van der Waals surface area contributed by atoms with Crippen LogP contribution < -0.4 is 16.4 Å². The second-order valence-corrected chi connectivity index (χ2v) is 7.40. The SMILES string of the molecule is CCN(CC)C(=O)c1ccc([C@H](c2cccc(NC(N)=O)c2)N2CCNCC2)cc1. The molecule has 3 rings (SSSR count). The molecule has 2 aromatic carbocycles. The highest BCUT2D eigenvalue weighted by Crippen LogP contribution is 2.31. The summed E-state index contributed by atoms with van der Waals surface area (Å²) in [6.07, 6.45) is 0. The molecule has 0 saturated carbocycles. The molecule has 0 bridgehead atoms. The number of piperazine rings is 1. The number of carbonyl (C=O) groups is 2. The first kappa shape index (κ1) is 21.8. The zero-order valence-electron chi connectivity index (χ0n) is 17.7. The van der Waals surface area contributed by atoms with Crippen LogP contribution in [0, 0.1) is 0 Å². The van der Waals surface area contributed by atoms with Crippen molar-refractivity contribution >= 4 is 17.6 Å². The Balaban J connectivity index is 1.93. The predicted molar refractivity (Wildman–Crippen MR) is 120 cm³/mol. The van der Waals surface area contributed by atoms with Gasteiger partial charge in [-0.3, -0.25) is 9.69 Å². The molecule has 0 spiro atoms. The van der Waals surface area contributed by atoms with E-state index in [0.717, 1.165) is 37.3 Å². The molecule has 0 aromatic heterocycles. The van der Waals surface area contributed by atoms with Gasteiger partial charge >= 0.3 is 6.03 Å². The van der Waals surface area contributed by atoms with Crippen LogP contribution in [0.3, 0.4) is 0 Å². The summed E-state index contributed by atoms with van der Waals surface area (Å²) in [6.45, 7) is 9.05. The van der Waals surface area contributed by atoms with Gasteiger partial charge in [0.05, 0.1) is 6.04 Å². The lowest BCUT2D eigenvalue weighted by molar-refractivity contribution is 0.0773. The van der Waals surface area contributed by atoms with E-state index in [2.05, 4.69) is 21.6 Å². The van der Waals surface area contributed by atoms with E-state index in [9.17, 15) is 9.59 Å². The molecule has 1 aliphatic rings. The van der Waals surface area contributed by atoms with Crippen molar-refractivity contribution < 1.29 is 9.59 Å². The van der Waals surface area contributed by atoms with Crippen LogP contribution in [-0.4, -0.2) is 61.0 Å². The molecule has 3 amide bonds. The molecule has 1 atom stereocenters. The standard InChI is InChI=1S/C23H31N5O2/c1-3-27(4-2)22(29)18-10-8-17(9-11-18)21(28-14-12-25-13-15-28)19-6-5-7-20(16-19)26-23(24)30/h5-11,16,21,25H,3-4,12-15H2,1-2H3,(H3,24,26,30)/t21-/m1/s1. The predicted octanol–water partition coefficient (Wildman–Crippen LogP) is 2.65. The largest absolute Gasteiger partial charge is 0.351 e. The number of amides is 3. The van der Waals surface area contributed by atoms with Crippen LogP contribution in [0.15, 0.2) is 48.5 Å². The van der Waals surface area contributed by atoms with Crippen LogP contribution >= 0.6 is 0 Å². The number of rotatable bonds is 7. The van der Waals surface area contributed by atoms with Crippen molar-refractivity contribution in [1.29, 1.82) is 0 Å². The third kappa shape index (κ3) is 5.17. The van der Waals surface area contributed by atoms with Gasteiger partial charge in [0.1, 0.15) is 0 Å². The monoisotopic (exact) mass is 409 g/mol. The molecule has 0 unspecified atom stereocenters. The van der Waals surface area contributed by atoms with Crippen LogP contribution in [0.5, 0.6) is 0 Å². The van der Waals surface area contributed by atoms with Crippen molar-refractivity contribution in [3.05, 3.63) is 65.2 Å². The first-order valence-electron chi connectivity index (χ1n) is 10.5. The van der Waals surface area contributed by atoms with Gasteiger partial charge in [0.25, 0.3) is 5.91 Å². The van der Waals surface area contributed by atoms with Gasteiger partial charge in [0, 0.05) is 50.5 Å². The highest BCUT2D eigenvalue weighted by molar-refractivity contribution is 5.94. The summed E-state index contributed by atoms with van der Waals surface area (Å²) >= 11 is 0. The van der Waals surface area contributed by atoms with Gasteiger partial charge in [-0.05, 0) is 49.2 Å². The Hall–Kier alpha value is -2.90. The van der Waals surface area contributed by atoms with Gasteiger partial charge in [-0.2, -0.15) is 0 Å². The summed E-state index contributed by atoms with van der Waals surface area (Å²) in [5, 5.41) is 6.06. The summed E-state index contributed by atoms with van der Waals surface area (Å²) in [5.74, 6) is 0.0536.